The molecule has 23 heavy (non-hydrogen) atoms. The summed E-state index contributed by atoms with van der Waals surface area (Å²) in [6.45, 7) is 5.28. The van der Waals surface area contributed by atoms with E-state index >= 15 is 0 Å². The van der Waals surface area contributed by atoms with Crippen LogP contribution in [0.2, 0.25) is 0 Å². The van der Waals surface area contributed by atoms with E-state index in [1.165, 1.54) is 15.4 Å². The molecule has 3 amide bonds. The molecule has 0 aromatic heterocycles. The zero-order chi connectivity index (χ0) is 16.3. The van der Waals surface area contributed by atoms with Gasteiger partial charge in [-0.1, -0.05) is 30.3 Å². The molecule has 2 saturated heterocycles. The van der Waals surface area contributed by atoms with Gasteiger partial charge in [-0.3, -0.25) is 4.79 Å². The number of benzene rings is 1. The number of nitrogens with zero attached hydrogens (tertiary/aromatic N) is 1. The Morgan fingerprint density at radius 2 is 1.91 bits per heavy atom. The lowest BCUT2D eigenvalue weighted by molar-refractivity contribution is -0.915. The first-order valence-corrected chi connectivity index (χ1v) is 8.18. The maximum absolute atomic E-state index is 12.7. The van der Waals surface area contributed by atoms with Gasteiger partial charge >= 0.3 is 6.03 Å². The zero-order valence-electron chi connectivity index (χ0n) is 13.5. The monoisotopic (exact) mass is 318 g/mol. The van der Waals surface area contributed by atoms with Gasteiger partial charge in [-0.25, -0.2) is 9.69 Å². The SMILES string of the molecule is C[C@@]1(CCc2ccccc2)NC(=O)N(C[NH+]2CCOCC2)C1=O. The molecule has 0 saturated carbocycles. The van der Waals surface area contributed by atoms with E-state index in [4.69, 9.17) is 4.74 Å². The quantitative estimate of drug-likeness (QED) is 0.739. The Hall–Kier alpha value is -1.92. The molecule has 2 heterocycles. The minimum atomic E-state index is -0.807. The van der Waals surface area contributed by atoms with E-state index in [0.29, 0.717) is 26.3 Å². The average molecular weight is 318 g/mol. The predicted molar refractivity (Wildman–Crippen MR) is 84.9 cm³/mol. The van der Waals surface area contributed by atoms with Gasteiger partial charge in [0.05, 0.1) is 13.2 Å². The number of rotatable bonds is 5. The average Bonchev–Trinajstić information content (AvgIpc) is 2.79. The summed E-state index contributed by atoms with van der Waals surface area (Å²) in [6.07, 6.45) is 1.37. The molecule has 0 aliphatic carbocycles. The van der Waals surface area contributed by atoms with Crippen LogP contribution in [0, 0.1) is 0 Å². The van der Waals surface area contributed by atoms with E-state index in [9.17, 15) is 9.59 Å². The normalized spacial score (nSPS) is 25.7. The second kappa shape index (κ2) is 6.68. The molecule has 2 N–H and O–H groups in total. The van der Waals surface area contributed by atoms with Crippen molar-refractivity contribution in [1.29, 1.82) is 0 Å². The molecule has 124 valence electrons. The number of urea groups is 1. The van der Waals surface area contributed by atoms with E-state index in [0.717, 1.165) is 19.5 Å². The molecule has 1 aromatic rings. The van der Waals surface area contributed by atoms with E-state index < -0.39 is 5.54 Å². The van der Waals surface area contributed by atoms with Crippen molar-refractivity contribution in [2.75, 3.05) is 33.0 Å². The number of carbonyl (C=O) groups excluding carboxylic acids is 2. The van der Waals surface area contributed by atoms with E-state index in [2.05, 4.69) is 5.32 Å². The summed E-state index contributed by atoms with van der Waals surface area (Å²) in [7, 11) is 0. The topological polar surface area (TPSA) is 63.1 Å². The van der Waals surface area contributed by atoms with Crippen LogP contribution >= 0.6 is 0 Å². The number of carbonyl (C=O) groups is 2. The highest BCUT2D eigenvalue weighted by Crippen LogP contribution is 2.22. The fourth-order valence-corrected chi connectivity index (χ4v) is 3.14. The summed E-state index contributed by atoms with van der Waals surface area (Å²) in [5.74, 6) is -0.113. The van der Waals surface area contributed by atoms with Crippen molar-refractivity contribution in [3.05, 3.63) is 35.9 Å². The molecule has 0 radical (unpaired) electrons. The van der Waals surface area contributed by atoms with Gasteiger partial charge in [0.25, 0.3) is 5.91 Å². The third-order valence-electron chi connectivity index (χ3n) is 4.68. The third-order valence-corrected chi connectivity index (χ3v) is 4.68. The highest BCUT2D eigenvalue weighted by atomic mass is 16.5. The molecule has 0 bridgehead atoms. The van der Waals surface area contributed by atoms with E-state index in [-0.39, 0.29) is 11.9 Å². The van der Waals surface area contributed by atoms with Crippen molar-refractivity contribution >= 4 is 11.9 Å². The predicted octanol–water partition coefficient (Wildman–Crippen LogP) is -0.198. The number of hydrogen-bond donors (Lipinski definition) is 2. The first kappa shape index (κ1) is 16.0. The van der Waals surface area contributed by atoms with Crippen LogP contribution in [0.3, 0.4) is 0 Å². The van der Waals surface area contributed by atoms with Crippen LogP contribution < -0.4 is 10.2 Å². The number of imide groups is 1. The van der Waals surface area contributed by atoms with Gasteiger partial charge in [-0.05, 0) is 25.3 Å². The Bertz CT molecular complexity index is 572. The van der Waals surface area contributed by atoms with Gasteiger partial charge in [0.1, 0.15) is 18.6 Å². The zero-order valence-corrected chi connectivity index (χ0v) is 13.5. The lowest BCUT2D eigenvalue weighted by Crippen LogP contribution is -3.15. The van der Waals surface area contributed by atoms with Gasteiger partial charge in [0.15, 0.2) is 6.67 Å². The molecule has 2 aliphatic rings. The molecule has 2 fully saturated rings. The van der Waals surface area contributed by atoms with Gasteiger partial charge in [-0.2, -0.15) is 0 Å². The minimum Gasteiger partial charge on any atom is -0.370 e. The summed E-state index contributed by atoms with van der Waals surface area (Å²) in [4.78, 5) is 27.5. The van der Waals surface area contributed by atoms with Gasteiger partial charge in [-0.15, -0.1) is 0 Å². The van der Waals surface area contributed by atoms with Crippen molar-refractivity contribution in [2.24, 2.45) is 0 Å². The Balaban J connectivity index is 1.62. The Morgan fingerprint density at radius 3 is 2.61 bits per heavy atom. The molecule has 2 aliphatic heterocycles. The highest BCUT2D eigenvalue weighted by Gasteiger charge is 2.48. The molecule has 0 unspecified atom stereocenters. The van der Waals surface area contributed by atoms with Crippen molar-refractivity contribution < 1.29 is 19.2 Å². The smallest absolute Gasteiger partial charge is 0.329 e. The molecule has 1 aromatic carbocycles. The van der Waals surface area contributed by atoms with Crippen LogP contribution in [0.15, 0.2) is 30.3 Å². The van der Waals surface area contributed by atoms with Crippen LogP contribution in [0.5, 0.6) is 0 Å². The number of ether oxygens (including phenoxy) is 1. The van der Waals surface area contributed by atoms with Crippen molar-refractivity contribution in [3.63, 3.8) is 0 Å². The number of aryl methyl sites for hydroxylation is 1. The second-order valence-corrected chi connectivity index (χ2v) is 6.50. The number of nitrogens with one attached hydrogen (secondary N) is 2. The van der Waals surface area contributed by atoms with Crippen LogP contribution in [0.4, 0.5) is 4.79 Å². The molecule has 0 spiro atoms. The van der Waals surface area contributed by atoms with Crippen molar-refractivity contribution in [1.82, 2.24) is 10.2 Å². The number of amides is 3. The fourth-order valence-electron chi connectivity index (χ4n) is 3.14. The molecule has 6 nitrogen and oxygen atoms in total. The van der Waals surface area contributed by atoms with Crippen LogP contribution in [0.25, 0.3) is 0 Å². The summed E-state index contributed by atoms with van der Waals surface area (Å²) >= 11 is 0. The van der Waals surface area contributed by atoms with E-state index in [1.807, 2.05) is 37.3 Å². The third kappa shape index (κ3) is 3.54. The lowest BCUT2D eigenvalue weighted by Gasteiger charge is -2.27. The fraction of sp³-hybridized carbons (Fsp3) is 0.529. The van der Waals surface area contributed by atoms with Gasteiger partial charge in [0, 0.05) is 0 Å². The number of quaternary nitrogens is 1. The summed E-state index contributed by atoms with van der Waals surface area (Å²) in [5, 5.41) is 2.88. The highest BCUT2D eigenvalue weighted by molar-refractivity contribution is 6.06. The van der Waals surface area contributed by atoms with Crippen LogP contribution in [-0.2, 0) is 16.0 Å². The van der Waals surface area contributed by atoms with Crippen molar-refractivity contribution in [3.8, 4) is 0 Å². The summed E-state index contributed by atoms with van der Waals surface area (Å²) in [6, 6.07) is 9.76. The van der Waals surface area contributed by atoms with Crippen LogP contribution in [-0.4, -0.2) is 55.3 Å². The molecule has 3 rings (SSSR count). The first-order valence-electron chi connectivity index (χ1n) is 8.18. The Morgan fingerprint density at radius 1 is 1.22 bits per heavy atom. The lowest BCUT2D eigenvalue weighted by atomic mass is 9.93. The Labute approximate surface area is 136 Å². The molecule has 1 atom stereocenters. The summed E-state index contributed by atoms with van der Waals surface area (Å²) < 4.78 is 5.32. The number of morpholine rings is 1. The number of hydrogen-bond acceptors (Lipinski definition) is 3. The maximum atomic E-state index is 12.7. The minimum absolute atomic E-state index is 0.113. The molecular formula is C17H24N3O3+. The van der Waals surface area contributed by atoms with Crippen LogP contribution in [0.1, 0.15) is 18.9 Å². The summed E-state index contributed by atoms with van der Waals surface area (Å²) in [5.41, 5.74) is 0.367. The first-order chi connectivity index (χ1) is 11.1. The molecule has 6 heteroatoms. The Kier molecular flexibility index (Phi) is 4.63. The van der Waals surface area contributed by atoms with Gasteiger partial charge in [0.2, 0.25) is 0 Å². The second-order valence-electron chi connectivity index (χ2n) is 6.50. The van der Waals surface area contributed by atoms with Crippen molar-refractivity contribution in [2.45, 2.75) is 25.3 Å². The maximum Gasteiger partial charge on any atom is 0.329 e. The van der Waals surface area contributed by atoms with Gasteiger partial charge < -0.3 is 15.0 Å². The standard InChI is InChI=1S/C17H23N3O3/c1-17(8-7-14-5-3-2-4-6-14)15(21)20(16(22)18-17)13-19-9-11-23-12-10-19/h2-6H,7-13H2,1H3,(H,18,22)/p+1/t17-/m0/s1. The largest absolute Gasteiger partial charge is 0.370 e. The van der Waals surface area contributed by atoms with E-state index in [1.54, 1.807) is 0 Å². The molecular weight excluding hydrogens is 294 g/mol.